The van der Waals surface area contributed by atoms with Crippen molar-refractivity contribution >= 4 is 0 Å². The molecule has 0 N–H and O–H groups in total. The number of ether oxygens (including phenoxy) is 1. The first-order chi connectivity index (χ1) is 6.90. The zero-order valence-corrected chi connectivity index (χ0v) is 7.93. The molecule has 0 atom stereocenters. The highest BCUT2D eigenvalue weighted by Gasteiger charge is 2.00. The zero-order chi connectivity index (χ0) is 9.80. The second kappa shape index (κ2) is 3.96. The molecule has 0 saturated heterocycles. The van der Waals surface area contributed by atoms with Crippen molar-refractivity contribution in [2.24, 2.45) is 0 Å². The van der Waals surface area contributed by atoms with Crippen LogP contribution in [-0.2, 0) is 0 Å². The molecule has 14 heavy (non-hydrogen) atoms. The van der Waals surface area contributed by atoms with Crippen molar-refractivity contribution < 1.29 is 9.15 Å². The molecule has 0 amide bonds. The fourth-order valence-electron chi connectivity index (χ4n) is 1.24. The second-order valence-electron chi connectivity index (χ2n) is 2.82. The molecular formula is C11H11NO2. The molecular weight excluding hydrogens is 178 g/mol. The number of hydrogen-bond acceptors (Lipinski definition) is 3. The molecule has 72 valence electrons. The van der Waals surface area contributed by atoms with E-state index in [2.05, 4.69) is 4.98 Å². The Labute approximate surface area is 82.3 Å². The maximum atomic E-state index is 5.33. The molecule has 2 aromatic rings. The van der Waals surface area contributed by atoms with E-state index < -0.39 is 0 Å². The highest BCUT2D eigenvalue weighted by Crippen LogP contribution is 2.21. The smallest absolute Gasteiger partial charge is 0.181 e. The summed E-state index contributed by atoms with van der Waals surface area (Å²) in [6.07, 6.45) is 3.11. The van der Waals surface area contributed by atoms with Crippen LogP contribution in [0, 0.1) is 0 Å². The van der Waals surface area contributed by atoms with Gasteiger partial charge in [-0.3, -0.25) is 0 Å². The van der Waals surface area contributed by atoms with Crippen LogP contribution < -0.4 is 4.74 Å². The van der Waals surface area contributed by atoms with Gasteiger partial charge in [0.25, 0.3) is 0 Å². The minimum Gasteiger partial charge on any atom is -0.494 e. The maximum absolute atomic E-state index is 5.33. The van der Waals surface area contributed by atoms with E-state index in [1.54, 1.807) is 6.20 Å². The number of nitrogens with zero attached hydrogens (tertiary/aromatic N) is 1. The summed E-state index contributed by atoms with van der Waals surface area (Å²) in [5, 5.41) is 0. The van der Waals surface area contributed by atoms with E-state index in [4.69, 9.17) is 9.15 Å². The van der Waals surface area contributed by atoms with Gasteiger partial charge in [0.15, 0.2) is 12.2 Å². The van der Waals surface area contributed by atoms with Gasteiger partial charge in [-0.25, -0.2) is 4.98 Å². The Balaban J connectivity index is 2.22. The topological polar surface area (TPSA) is 35.3 Å². The summed E-state index contributed by atoms with van der Waals surface area (Å²) in [5.74, 6) is 1.64. The Hall–Kier alpha value is -1.77. The SMILES string of the molecule is CCOc1ccc(-c2cnco2)cc1. The lowest BCUT2D eigenvalue weighted by Gasteiger charge is -2.02. The van der Waals surface area contributed by atoms with Crippen molar-refractivity contribution in [3.05, 3.63) is 36.9 Å². The predicted octanol–water partition coefficient (Wildman–Crippen LogP) is 2.74. The minimum absolute atomic E-state index is 0.682. The van der Waals surface area contributed by atoms with Crippen molar-refractivity contribution in [2.45, 2.75) is 6.92 Å². The normalized spacial score (nSPS) is 10.1. The molecule has 0 saturated carbocycles. The van der Waals surface area contributed by atoms with Crippen LogP contribution in [0.3, 0.4) is 0 Å². The molecule has 0 radical (unpaired) electrons. The van der Waals surface area contributed by atoms with Crippen molar-refractivity contribution in [3.63, 3.8) is 0 Å². The Kier molecular flexibility index (Phi) is 2.49. The first-order valence-corrected chi connectivity index (χ1v) is 4.52. The number of benzene rings is 1. The van der Waals surface area contributed by atoms with Gasteiger partial charge in [0.1, 0.15) is 5.75 Å². The largest absolute Gasteiger partial charge is 0.494 e. The molecule has 0 fully saturated rings. The lowest BCUT2D eigenvalue weighted by Crippen LogP contribution is -1.90. The van der Waals surface area contributed by atoms with Crippen LogP contribution in [0.15, 0.2) is 41.3 Å². The Bertz CT molecular complexity index is 378. The molecule has 0 unspecified atom stereocenters. The second-order valence-corrected chi connectivity index (χ2v) is 2.82. The van der Waals surface area contributed by atoms with E-state index in [0.717, 1.165) is 17.1 Å². The van der Waals surface area contributed by atoms with E-state index in [-0.39, 0.29) is 0 Å². The predicted molar refractivity (Wildman–Crippen MR) is 53.1 cm³/mol. The summed E-state index contributed by atoms with van der Waals surface area (Å²) in [7, 11) is 0. The van der Waals surface area contributed by atoms with Crippen molar-refractivity contribution in [2.75, 3.05) is 6.61 Å². The summed E-state index contributed by atoms with van der Waals surface area (Å²) < 4.78 is 10.5. The number of rotatable bonds is 3. The van der Waals surface area contributed by atoms with E-state index >= 15 is 0 Å². The van der Waals surface area contributed by atoms with Gasteiger partial charge >= 0.3 is 0 Å². The third-order valence-electron chi connectivity index (χ3n) is 1.88. The molecule has 1 heterocycles. The fourth-order valence-corrected chi connectivity index (χ4v) is 1.24. The van der Waals surface area contributed by atoms with Crippen LogP contribution in [0.4, 0.5) is 0 Å². The Morgan fingerprint density at radius 3 is 2.64 bits per heavy atom. The van der Waals surface area contributed by atoms with Gasteiger partial charge in [-0.1, -0.05) is 0 Å². The van der Waals surface area contributed by atoms with Gasteiger partial charge in [0, 0.05) is 5.56 Å². The molecule has 2 rings (SSSR count). The molecule has 0 spiro atoms. The highest BCUT2D eigenvalue weighted by atomic mass is 16.5. The van der Waals surface area contributed by atoms with E-state index in [1.807, 2.05) is 31.2 Å². The van der Waals surface area contributed by atoms with Gasteiger partial charge in [-0.05, 0) is 31.2 Å². The monoisotopic (exact) mass is 189 g/mol. The first-order valence-electron chi connectivity index (χ1n) is 4.52. The van der Waals surface area contributed by atoms with E-state index in [1.165, 1.54) is 6.39 Å². The average Bonchev–Trinajstić information content (AvgIpc) is 2.72. The Morgan fingerprint density at radius 1 is 1.29 bits per heavy atom. The van der Waals surface area contributed by atoms with Crippen molar-refractivity contribution in [1.29, 1.82) is 0 Å². The lowest BCUT2D eigenvalue weighted by molar-refractivity contribution is 0.340. The molecule has 1 aromatic heterocycles. The third-order valence-corrected chi connectivity index (χ3v) is 1.88. The highest BCUT2D eigenvalue weighted by molar-refractivity contribution is 5.57. The lowest BCUT2D eigenvalue weighted by atomic mass is 10.2. The van der Waals surface area contributed by atoms with Gasteiger partial charge < -0.3 is 9.15 Å². The Morgan fingerprint density at radius 2 is 2.07 bits per heavy atom. The van der Waals surface area contributed by atoms with Gasteiger partial charge in [0.2, 0.25) is 0 Å². The first kappa shape index (κ1) is 8.81. The van der Waals surface area contributed by atoms with Gasteiger partial charge in [-0.15, -0.1) is 0 Å². The van der Waals surface area contributed by atoms with Crippen LogP contribution >= 0.6 is 0 Å². The number of oxazole rings is 1. The van der Waals surface area contributed by atoms with Crippen molar-refractivity contribution in [3.8, 4) is 17.1 Å². The molecule has 0 aliphatic carbocycles. The van der Waals surface area contributed by atoms with E-state index in [0.29, 0.717) is 6.61 Å². The van der Waals surface area contributed by atoms with Crippen LogP contribution in [0.25, 0.3) is 11.3 Å². The quantitative estimate of drug-likeness (QED) is 0.744. The molecule has 0 aliphatic heterocycles. The van der Waals surface area contributed by atoms with Crippen molar-refractivity contribution in [1.82, 2.24) is 4.98 Å². The summed E-state index contributed by atoms with van der Waals surface area (Å²) in [6.45, 7) is 2.64. The summed E-state index contributed by atoms with van der Waals surface area (Å²) in [5.41, 5.74) is 1.01. The molecule has 1 aromatic carbocycles. The van der Waals surface area contributed by atoms with Crippen LogP contribution in [0.1, 0.15) is 6.92 Å². The molecule has 3 heteroatoms. The standard InChI is InChI=1S/C11H11NO2/c1-2-13-10-5-3-9(4-6-10)11-7-12-8-14-11/h3-8H,2H2,1H3. The molecule has 3 nitrogen and oxygen atoms in total. The maximum Gasteiger partial charge on any atom is 0.181 e. The third kappa shape index (κ3) is 1.76. The summed E-state index contributed by atoms with van der Waals surface area (Å²) >= 11 is 0. The zero-order valence-electron chi connectivity index (χ0n) is 7.93. The van der Waals surface area contributed by atoms with E-state index in [9.17, 15) is 0 Å². The number of aromatic nitrogens is 1. The minimum atomic E-state index is 0.682. The average molecular weight is 189 g/mol. The van der Waals surface area contributed by atoms with Crippen LogP contribution in [0.5, 0.6) is 5.75 Å². The van der Waals surface area contributed by atoms with Crippen LogP contribution in [0.2, 0.25) is 0 Å². The summed E-state index contributed by atoms with van der Waals surface area (Å²) in [6, 6.07) is 7.74. The molecule has 0 aliphatic rings. The molecule has 0 bridgehead atoms. The van der Waals surface area contributed by atoms with Crippen LogP contribution in [-0.4, -0.2) is 11.6 Å². The van der Waals surface area contributed by atoms with Gasteiger partial charge in [0.05, 0.1) is 12.8 Å². The summed E-state index contributed by atoms with van der Waals surface area (Å²) in [4.78, 5) is 3.86. The fraction of sp³-hybridized carbons (Fsp3) is 0.182. The number of hydrogen-bond donors (Lipinski definition) is 0. The van der Waals surface area contributed by atoms with Gasteiger partial charge in [-0.2, -0.15) is 0 Å².